The van der Waals surface area contributed by atoms with Crippen LogP contribution >= 0.6 is 0 Å². The fourth-order valence-electron chi connectivity index (χ4n) is 1.63. The van der Waals surface area contributed by atoms with E-state index in [-0.39, 0.29) is 5.92 Å². The zero-order chi connectivity index (χ0) is 8.32. The molecule has 1 rings (SSSR count). The summed E-state index contributed by atoms with van der Waals surface area (Å²) in [5.74, 6) is -0.124. The van der Waals surface area contributed by atoms with E-state index in [1.165, 1.54) is 0 Å². The van der Waals surface area contributed by atoms with Crippen LogP contribution in [0.25, 0.3) is 0 Å². The van der Waals surface area contributed by atoms with Crippen molar-refractivity contribution in [1.82, 2.24) is 0 Å². The molecule has 0 aromatic heterocycles. The van der Waals surface area contributed by atoms with Gasteiger partial charge in [-0.25, -0.2) is 0 Å². The molecule has 0 saturated heterocycles. The van der Waals surface area contributed by atoms with Crippen molar-refractivity contribution in [2.45, 2.75) is 44.6 Å². The third kappa shape index (κ3) is 1.54. The molecule has 0 amide bonds. The highest BCUT2D eigenvalue weighted by Crippen LogP contribution is 2.39. The molecular formula is C9H15NO. The van der Waals surface area contributed by atoms with Crippen molar-refractivity contribution in [3.05, 3.63) is 0 Å². The van der Waals surface area contributed by atoms with Gasteiger partial charge in [-0.1, -0.05) is 13.3 Å². The predicted octanol–water partition coefficient (Wildman–Crippen LogP) is 1.84. The number of nitrogens with zero attached hydrogens (tertiary/aromatic N) is 1. The lowest BCUT2D eigenvalue weighted by molar-refractivity contribution is -0.0681. The quantitative estimate of drug-likeness (QED) is 0.672. The summed E-state index contributed by atoms with van der Waals surface area (Å²) >= 11 is 0. The molecule has 0 bridgehead atoms. The fraction of sp³-hybridized carbons (Fsp3) is 0.889. The van der Waals surface area contributed by atoms with Crippen LogP contribution in [0.5, 0.6) is 0 Å². The van der Waals surface area contributed by atoms with Gasteiger partial charge < -0.3 is 5.11 Å². The lowest BCUT2D eigenvalue weighted by Crippen LogP contribution is -2.43. The predicted molar refractivity (Wildman–Crippen MR) is 42.8 cm³/mol. The van der Waals surface area contributed by atoms with Gasteiger partial charge in [0.1, 0.15) is 0 Å². The Morgan fingerprint density at radius 1 is 1.64 bits per heavy atom. The zero-order valence-corrected chi connectivity index (χ0v) is 7.01. The lowest BCUT2D eigenvalue weighted by Gasteiger charge is -2.40. The summed E-state index contributed by atoms with van der Waals surface area (Å²) in [6.45, 7) is 2.05. The van der Waals surface area contributed by atoms with Crippen LogP contribution in [0.15, 0.2) is 0 Å². The first-order valence-corrected chi connectivity index (χ1v) is 4.35. The Labute approximate surface area is 67.8 Å². The summed E-state index contributed by atoms with van der Waals surface area (Å²) in [7, 11) is 0. The van der Waals surface area contributed by atoms with Gasteiger partial charge in [0.2, 0.25) is 0 Å². The second-order valence-electron chi connectivity index (χ2n) is 3.43. The molecule has 1 unspecified atom stereocenters. The van der Waals surface area contributed by atoms with Crippen molar-refractivity contribution in [1.29, 1.82) is 5.26 Å². The molecule has 1 aliphatic carbocycles. The third-order valence-electron chi connectivity index (χ3n) is 2.60. The largest absolute Gasteiger partial charge is 0.389 e. The van der Waals surface area contributed by atoms with Crippen molar-refractivity contribution in [2.24, 2.45) is 5.92 Å². The Kier molecular flexibility index (Phi) is 2.51. The maximum absolute atomic E-state index is 9.78. The number of rotatable bonds is 3. The van der Waals surface area contributed by atoms with Gasteiger partial charge >= 0.3 is 0 Å². The van der Waals surface area contributed by atoms with Gasteiger partial charge in [0.15, 0.2) is 0 Å². The zero-order valence-electron chi connectivity index (χ0n) is 7.01. The highest BCUT2D eigenvalue weighted by atomic mass is 16.3. The van der Waals surface area contributed by atoms with Gasteiger partial charge in [-0.3, -0.25) is 0 Å². The van der Waals surface area contributed by atoms with Crippen LogP contribution in [0.4, 0.5) is 0 Å². The summed E-state index contributed by atoms with van der Waals surface area (Å²) in [5, 5.41) is 18.5. The molecule has 1 fully saturated rings. The molecule has 0 radical (unpaired) electrons. The molecule has 0 spiro atoms. The van der Waals surface area contributed by atoms with Crippen LogP contribution in [-0.4, -0.2) is 10.7 Å². The maximum Gasteiger partial charge on any atom is 0.0805 e. The molecule has 0 aliphatic heterocycles. The normalized spacial score (nSPS) is 23.4. The summed E-state index contributed by atoms with van der Waals surface area (Å²) in [6, 6.07) is 2.20. The number of hydrogen-bond acceptors (Lipinski definition) is 2. The molecule has 0 aromatic rings. The fourth-order valence-corrected chi connectivity index (χ4v) is 1.63. The second-order valence-corrected chi connectivity index (χ2v) is 3.43. The minimum absolute atomic E-state index is 0.124. The van der Waals surface area contributed by atoms with Gasteiger partial charge in [-0.15, -0.1) is 0 Å². The van der Waals surface area contributed by atoms with E-state index in [0.717, 1.165) is 32.1 Å². The van der Waals surface area contributed by atoms with Gasteiger partial charge in [0, 0.05) is 0 Å². The van der Waals surface area contributed by atoms with E-state index in [1.807, 2.05) is 6.92 Å². The Bertz CT molecular complexity index is 167. The smallest absolute Gasteiger partial charge is 0.0805 e. The van der Waals surface area contributed by atoms with Crippen LogP contribution < -0.4 is 0 Å². The van der Waals surface area contributed by atoms with Crippen LogP contribution in [-0.2, 0) is 0 Å². The highest BCUT2D eigenvalue weighted by Gasteiger charge is 2.41. The first-order chi connectivity index (χ1) is 5.23. The maximum atomic E-state index is 9.78. The van der Waals surface area contributed by atoms with E-state index in [2.05, 4.69) is 6.07 Å². The van der Waals surface area contributed by atoms with E-state index in [4.69, 9.17) is 5.26 Å². The summed E-state index contributed by atoms with van der Waals surface area (Å²) in [4.78, 5) is 0. The van der Waals surface area contributed by atoms with E-state index in [9.17, 15) is 5.11 Å². The second kappa shape index (κ2) is 3.23. The van der Waals surface area contributed by atoms with Crippen molar-refractivity contribution in [3.8, 4) is 6.07 Å². The average molecular weight is 153 g/mol. The lowest BCUT2D eigenvalue weighted by atomic mass is 9.70. The van der Waals surface area contributed by atoms with Gasteiger partial charge in [-0.2, -0.15) is 5.26 Å². The molecule has 62 valence electrons. The number of nitriles is 1. The number of hydrogen-bond donors (Lipinski definition) is 1. The van der Waals surface area contributed by atoms with Crippen LogP contribution in [0.2, 0.25) is 0 Å². The van der Waals surface area contributed by atoms with Crippen LogP contribution in [0.3, 0.4) is 0 Å². The SMILES string of the molecule is CCCC(C#N)C1(O)CCC1. The molecule has 1 aliphatic rings. The van der Waals surface area contributed by atoms with E-state index in [0.29, 0.717) is 0 Å². The molecule has 1 saturated carbocycles. The van der Waals surface area contributed by atoms with Crippen molar-refractivity contribution in [2.75, 3.05) is 0 Å². The minimum Gasteiger partial charge on any atom is -0.389 e. The van der Waals surface area contributed by atoms with E-state index in [1.54, 1.807) is 0 Å². The minimum atomic E-state index is -0.620. The van der Waals surface area contributed by atoms with E-state index >= 15 is 0 Å². The van der Waals surface area contributed by atoms with E-state index < -0.39 is 5.60 Å². The Hall–Kier alpha value is -0.550. The van der Waals surface area contributed by atoms with Gasteiger partial charge in [0.05, 0.1) is 17.6 Å². The Morgan fingerprint density at radius 2 is 2.27 bits per heavy atom. The first kappa shape index (κ1) is 8.55. The van der Waals surface area contributed by atoms with Crippen LogP contribution in [0, 0.1) is 17.2 Å². The number of aliphatic hydroxyl groups is 1. The molecular weight excluding hydrogens is 138 g/mol. The third-order valence-corrected chi connectivity index (χ3v) is 2.60. The molecule has 0 aromatic carbocycles. The summed E-state index contributed by atoms with van der Waals surface area (Å²) in [5.41, 5.74) is -0.620. The average Bonchev–Trinajstić information content (AvgIpc) is 1.96. The van der Waals surface area contributed by atoms with Crippen molar-refractivity contribution < 1.29 is 5.11 Å². The highest BCUT2D eigenvalue weighted by molar-refractivity contribution is 5.02. The molecule has 2 heteroatoms. The molecule has 0 heterocycles. The Balaban J connectivity index is 2.48. The standard InChI is InChI=1S/C9H15NO/c1-2-4-8(7-10)9(11)5-3-6-9/h8,11H,2-6H2,1H3. The van der Waals surface area contributed by atoms with Crippen molar-refractivity contribution in [3.63, 3.8) is 0 Å². The van der Waals surface area contributed by atoms with Gasteiger partial charge in [0.25, 0.3) is 0 Å². The van der Waals surface area contributed by atoms with Gasteiger partial charge in [-0.05, 0) is 25.7 Å². The molecule has 11 heavy (non-hydrogen) atoms. The first-order valence-electron chi connectivity index (χ1n) is 4.35. The summed E-state index contributed by atoms with van der Waals surface area (Å²) < 4.78 is 0. The van der Waals surface area contributed by atoms with Crippen molar-refractivity contribution >= 4 is 0 Å². The molecule has 1 N–H and O–H groups in total. The topological polar surface area (TPSA) is 44.0 Å². The molecule has 1 atom stereocenters. The van der Waals surface area contributed by atoms with Crippen LogP contribution in [0.1, 0.15) is 39.0 Å². The Morgan fingerprint density at radius 3 is 2.55 bits per heavy atom. The summed E-state index contributed by atoms with van der Waals surface area (Å²) in [6.07, 6.45) is 4.56. The molecule has 2 nitrogen and oxygen atoms in total. The monoisotopic (exact) mass is 153 g/mol.